The molecule has 2 amide bonds. The van der Waals surface area contributed by atoms with Crippen molar-refractivity contribution >= 4 is 17.8 Å². The molecule has 0 bridgehead atoms. The number of hydrogen-bond acceptors (Lipinski definition) is 4. The lowest BCUT2D eigenvalue weighted by molar-refractivity contribution is -0.160. The van der Waals surface area contributed by atoms with Crippen molar-refractivity contribution in [2.75, 3.05) is 13.1 Å². The molecule has 7 heteroatoms. The summed E-state index contributed by atoms with van der Waals surface area (Å²) in [4.78, 5) is 39.1. The summed E-state index contributed by atoms with van der Waals surface area (Å²) >= 11 is 0. The highest BCUT2D eigenvalue weighted by Gasteiger charge is 2.32. The number of esters is 1. The Morgan fingerprint density at radius 3 is 2.33 bits per heavy atom. The molecule has 0 radical (unpaired) electrons. The average molecular weight is 419 g/mol. The molecule has 3 atom stereocenters. The first-order valence-corrected chi connectivity index (χ1v) is 10.9. The van der Waals surface area contributed by atoms with Crippen LogP contribution in [-0.2, 0) is 14.3 Å². The average Bonchev–Trinajstić information content (AvgIpc) is 2.75. The van der Waals surface area contributed by atoms with Gasteiger partial charge in [0.05, 0.1) is 5.92 Å². The van der Waals surface area contributed by atoms with Crippen molar-refractivity contribution in [3.63, 3.8) is 0 Å². The maximum absolute atomic E-state index is 13.0. The van der Waals surface area contributed by atoms with Crippen molar-refractivity contribution in [3.05, 3.63) is 35.6 Å². The maximum Gasteiger partial charge on any atom is 0.309 e. The molecule has 30 heavy (non-hydrogen) atoms. The van der Waals surface area contributed by atoms with E-state index in [2.05, 4.69) is 12.2 Å². The van der Waals surface area contributed by atoms with Gasteiger partial charge in [-0.1, -0.05) is 19.8 Å². The van der Waals surface area contributed by atoms with Crippen LogP contribution in [0.1, 0.15) is 62.7 Å². The number of halogens is 1. The van der Waals surface area contributed by atoms with E-state index in [-0.39, 0.29) is 35.6 Å². The first kappa shape index (κ1) is 22.2. The fraction of sp³-hybridized carbons (Fsp3) is 0.609. The summed E-state index contributed by atoms with van der Waals surface area (Å²) in [6.45, 7) is 4.60. The zero-order valence-corrected chi connectivity index (χ0v) is 17.7. The molecule has 3 rings (SSSR count). The Kier molecular flexibility index (Phi) is 7.45. The number of carbonyl (C=O) groups is 3. The number of carbonyl (C=O) groups excluding carboxylic acids is 3. The summed E-state index contributed by atoms with van der Waals surface area (Å²) in [5.74, 6) is -1.07. The van der Waals surface area contributed by atoms with Crippen LogP contribution in [0.2, 0.25) is 0 Å². The van der Waals surface area contributed by atoms with E-state index in [1.54, 1.807) is 11.8 Å². The van der Waals surface area contributed by atoms with Gasteiger partial charge >= 0.3 is 5.97 Å². The molecular formula is C23H31FN2O4. The van der Waals surface area contributed by atoms with Gasteiger partial charge in [0, 0.05) is 24.7 Å². The lowest BCUT2D eigenvalue weighted by Gasteiger charge is -2.32. The fourth-order valence-electron chi connectivity index (χ4n) is 4.25. The van der Waals surface area contributed by atoms with Crippen molar-refractivity contribution in [1.29, 1.82) is 0 Å². The zero-order valence-electron chi connectivity index (χ0n) is 17.7. The SMILES string of the molecule is C[C@@H]1CCCC[C@@H]1NC(=O)[C@@H](C)OC(=O)C1CCN(C(=O)c2ccc(F)cc2)CC1. The first-order chi connectivity index (χ1) is 14.3. The minimum atomic E-state index is -0.828. The highest BCUT2D eigenvalue weighted by molar-refractivity contribution is 5.94. The molecule has 1 saturated carbocycles. The molecule has 0 aromatic heterocycles. The predicted octanol–water partition coefficient (Wildman–Crippen LogP) is 3.30. The van der Waals surface area contributed by atoms with E-state index >= 15 is 0 Å². The standard InChI is InChI=1S/C23H31FN2O4/c1-15-5-3-4-6-20(15)25-21(27)16(2)30-23(29)18-11-13-26(14-12-18)22(28)17-7-9-19(24)10-8-17/h7-10,15-16,18,20H,3-6,11-14H2,1-2H3,(H,25,27)/t15-,16-,20+/m1/s1. The van der Waals surface area contributed by atoms with Gasteiger partial charge in [-0.15, -0.1) is 0 Å². The number of rotatable bonds is 5. The maximum atomic E-state index is 13.0. The predicted molar refractivity (Wildman–Crippen MR) is 110 cm³/mol. The Morgan fingerprint density at radius 1 is 1.07 bits per heavy atom. The van der Waals surface area contributed by atoms with Gasteiger partial charge in [-0.2, -0.15) is 0 Å². The molecule has 1 aliphatic carbocycles. The lowest BCUT2D eigenvalue weighted by atomic mass is 9.86. The van der Waals surface area contributed by atoms with E-state index in [0.717, 1.165) is 19.3 Å². The number of piperidine rings is 1. The normalized spacial score (nSPS) is 23.5. The Bertz CT molecular complexity index is 759. The lowest BCUT2D eigenvalue weighted by Crippen LogP contribution is -2.47. The molecule has 164 valence electrons. The van der Waals surface area contributed by atoms with Crippen LogP contribution < -0.4 is 5.32 Å². The molecule has 0 spiro atoms. The van der Waals surface area contributed by atoms with Gasteiger partial charge in [0.1, 0.15) is 5.82 Å². The minimum Gasteiger partial charge on any atom is -0.452 e. The molecule has 1 aromatic rings. The molecule has 1 aromatic carbocycles. The highest BCUT2D eigenvalue weighted by Crippen LogP contribution is 2.24. The van der Waals surface area contributed by atoms with Crippen LogP contribution in [0.25, 0.3) is 0 Å². The molecule has 6 nitrogen and oxygen atoms in total. The second kappa shape index (κ2) is 10.0. The summed E-state index contributed by atoms with van der Waals surface area (Å²) in [6, 6.07) is 5.60. The van der Waals surface area contributed by atoms with Gasteiger partial charge in [-0.25, -0.2) is 4.39 Å². The number of benzene rings is 1. The molecule has 2 aliphatic rings. The Balaban J connectivity index is 1.44. The second-order valence-corrected chi connectivity index (χ2v) is 8.53. The van der Waals surface area contributed by atoms with Crippen molar-refractivity contribution in [3.8, 4) is 0 Å². The van der Waals surface area contributed by atoms with Crippen LogP contribution in [0.4, 0.5) is 4.39 Å². The number of ether oxygens (including phenoxy) is 1. The summed E-state index contributed by atoms with van der Waals surface area (Å²) in [5, 5.41) is 3.03. The quantitative estimate of drug-likeness (QED) is 0.745. The zero-order chi connectivity index (χ0) is 21.7. The van der Waals surface area contributed by atoms with E-state index < -0.39 is 6.10 Å². The molecule has 2 fully saturated rings. The number of nitrogens with zero attached hydrogens (tertiary/aromatic N) is 1. The van der Waals surface area contributed by atoms with Gasteiger partial charge < -0.3 is 15.0 Å². The summed E-state index contributed by atoms with van der Waals surface area (Å²) in [7, 11) is 0. The highest BCUT2D eigenvalue weighted by atomic mass is 19.1. The molecule has 1 saturated heterocycles. The number of hydrogen-bond donors (Lipinski definition) is 1. The largest absolute Gasteiger partial charge is 0.452 e. The smallest absolute Gasteiger partial charge is 0.309 e. The third-order valence-electron chi connectivity index (χ3n) is 6.31. The van der Waals surface area contributed by atoms with Crippen LogP contribution in [0, 0.1) is 17.7 Å². The number of likely N-dealkylation sites (tertiary alicyclic amines) is 1. The van der Waals surface area contributed by atoms with E-state index in [0.29, 0.717) is 37.4 Å². The van der Waals surface area contributed by atoms with Gasteiger partial charge in [0.25, 0.3) is 11.8 Å². The van der Waals surface area contributed by atoms with Crippen LogP contribution in [-0.4, -0.2) is 47.9 Å². The third kappa shape index (κ3) is 5.58. The van der Waals surface area contributed by atoms with Crippen LogP contribution in [0.5, 0.6) is 0 Å². The molecular weight excluding hydrogens is 387 g/mol. The van der Waals surface area contributed by atoms with E-state index in [1.807, 2.05) is 0 Å². The summed E-state index contributed by atoms with van der Waals surface area (Å²) < 4.78 is 18.5. The Labute approximate surface area is 177 Å². The first-order valence-electron chi connectivity index (χ1n) is 10.9. The minimum absolute atomic E-state index is 0.146. The van der Waals surface area contributed by atoms with E-state index in [9.17, 15) is 18.8 Å². The van der Waals surface area contributed by atoms with Crippen molar-refractivity contribution in [2.45, 2.75) is 64.5 Å². The monoisotopic (exact) mass is 418 g/mol. The second-order valence-electron chi connectivity index (χ2n) is 8.53. The molecule has 1 heterocycles. The van der Waals surface area contributed by atoms with Gasteiger partial charge in [-0.3, -0.25) is 14.4 Å². The molecule has 0 unspecified atom stereocenters. The van der Waals surface area contributed by atoms with Crippen LogP contribution in [0.15, 0.2) is 24.3 Å². The van der Waals surface area contributed by atoms with Crippen molar-refractivity contribution < 1.29 is 23.5 Å². The Morgan fingerprint density at radius 2 is 1.70 bits per heavy atom. The van der Waals surface area contributed by atoms with Gasteiger partial charge in [0.15, 0.2) is 6.10 Å². The third-order valence-corrected chi connectivity index (χ3v) is 6.31. The Hall–Kier alpha value is -2.44. The number of amides is 2. The van der Waals surface area contributed by atoms with Crippen molar-refractivity contribution in [2.24, 2.45) is 11.8 Å². The summed E-state index contributed by atoms with van der Waals surface area (Å²) in [6.07, 6.45) is 4.52. The van der Waals surface area contributed by atoms with Crippen molar-refractivity contribution in [1.82, 2.24) is 10.2 Å². The molecule has 1 N–H and O–H groups in total. The van der Waals surface area contributed by atoms with E-state index in [1.165, 1.54) is 30.7 Å². The summed E-state index contributed by atoms with van der Waals surface area (Å²) in [5.41, 5.74) is 0.430. The van der Waals surface area contributed by atoms with E-state index in [4.69, 9.17) is 4.74 Å². The molecule has 1 aliphatic heterocycles. The van der Waals surface area contributed by atoms with Crippen LogP contribution >= 0.6 is 0 Å². The fourth-order valence-corrected chi connectivity index (χ4v) is 4.25. The number of nitrogens with one attached hydrogen (secondary N) is 1. The topological polar surface area (TPSA) is 75.7 Å². The van der Waals surface area contributed by atoms with Gasteiger partial charge in [0.2, 0.25) is 0 Å². The van der Waals surface area contributed by atoms with Crippen LogP contribution in [0.3, 0.4) is 0 Å². The van der Waals surface area contributed by atoms with Gasteiger partial charge in [-0.05, 0) is 62.8 Å².